The fourth-order valence-electron chi connectivity index (χ4n) is 2.84. The molecule has 1 N–H and O–H groups in total. The van der Waals surface area contributed by atoms with Gasteiger partial charge in [-0.05, 0) is 37.6 Å². The maximum Gasteiger partial charge on any atom is 0.321 e. The number of rotatable bonds is 5. The van der Waals surface area contributed by atoms with Gasteiger partial charge >= 0.3 is 6.03 Å². The number of aromatic nitrogens is 2. The van der Waals surface area contributed by atoms with Gasteiger partial charge in [-0.25, -0.2) is 9.78 Å². The summed E-state index contributed by atoms with van der Waals surface area (Å²) < 4.78 is 5.64. The highest BCUT2D eigenvalue weighted by Crippen LogP contribution is 2.20. The molecule has 0 radical (unpaired) electrons. The summed E-state index contributed by atoms with van der Waals surface area (Å²) in [5, 5.41) is 3.54. The first kappa shape index (κ1) is 19.2. The molecule has 0 spiro atoms. The van der Waals surface area contributed by atoms with E-state index >= 15 is 0 Å². The van der Waals surface area contributed by atoms with Crippen LogP contribution in [0.25, 0.3) is 0 Å². The van der Waals surface area contributed by atoms with Crippen LogP contribution in [0.3, 0.4) is 0 Å². The highest BCUT2D eigenvalue weighted by molar-refractivity contribution is 6.30. The molecule has 1 saturated heterocycles. The Kier molecular flexibility index (Phi) is 6.34. The molecule has 0 atom stereocenters. The van der Waals surface area contributed by atoms with Crippen LogP contribution in [0.2, 0.25) is 5.02 Å². The van der Waals surface area contributed by atoms with Crippen LogP contribution in [-0.4, -0.2) is 53.7 Å². The average Bonchev–Trinajstić information content (AvgIpc) is 2.68. The Bertz CT molecular complexity index is 776. The van der Waals surface area contributed by atoms with Crippen LogP contribution in [-0.2, 0) is 0 Å². The van der Waals surface area contributed by atoms with E-state index in [2.05, 4.69) is 27.1 Å². The molecule has 0 saturated carbocycles. The number of hydrogen-bond donors (Lipinski definition) is 1. The quantitative estimate of drug-likeness (QED) is 0.846. The third-order valence-corrected chi connectivity index (χ3v) is 4.49. The molecule has 7 nitrogen and oxygen atoms in total. The molecule has 0 aliphatic carbocycles. The highest BCUT2D eigenvalue weighted by atomic mass is 35.5. The summed E-state index contributed by atoms with van der Waals surface area (Å²) in [5.41, 5.74) is 0.732. The molecule has 1 aromatic carbocycles. The number of piperazine rings is 1. The van der Waals surface area contributed by atoms with Crippen molar-refractivity contribution >= 4 is 29.1 Å². The fourth-order valence-corrected chi connectivity index (χ4v) is 2.97. The molecular weight excluding hydrogens is 366 g/mol. The zero-order valence-electron chi connectivity index (χ0n) is 15.6. The predicted molar refractivity (Wildman–Crippen MR) is 107 cm³/mol. The Balaban J connectivity index is 1.57. The number of carbonyl (C=O) groups is 1. The Labute approximate surface area is 164 Å². The number of carbonyl (C=O) groups excluding carboxylic acids is 1. The van der Waals surface area contributed by atoms with Gasteiger partial charge in [0.1, 0.15) is 11.6 Å². The zero-order valence-corrected chi connectivity index (χ0v) is 16.4. The summed E-state index contributed by atoms with van der Waals surface area (Å²) in [6, 6.07) is 8.85. The molecule has 8 heteroatoms. The van der Waals surface area contributed by atoms with Crippen molar-refractivity contribution in [2.75, 3.05) is 43.0 Å². The van der Waals surface area contributed by atoms with Crippen LogP contribution in [0.4, 0.5) is 16.3 Å². The number of halogens is 1. The monoisotopic (exact) mass is 389 g/mol. The standard InChI is InChI=1S/C19H24ClN5O2/c1-3-12-27-18-13-17(21-14(2)22-18)24-8-10-25(11-9-24)19(26)23-16-6-4-15(20)5-7-16/h4-7,13H,3,8-12H2,1-2H3,(H,23,26). The SMILES string of the molecule is CCCOc1cc(N2CCN(C(=O)Nc3ccc(Cl)cc3)CC2)nc(C)n1. The number of nitrogens with zero attached hydrogens (tertiary/aromatic N) is 4. The van der Waals surface area contributed by atoms with Crippen molar-refractivity contribution in [2.45, 2.75) is 20.3 Å². The van der Waals surface area contributed by atoms with Crippen molar-refractivity contribution < 1.29 is 9.53 Å². The van der Waals surface area contributed by atoms with E-state index in [-0.39, 0.29) is 6.03 Å². The van der Waals surface area contributed by atoms with E-state index in [9.17, 15) is 4.79 Å². The molecule has 2 amide bonds. The average molecular weight is 390 g/mol. The van der Waals surface area contributed by atoms with E-state index in [1.165, 1.54) is 0 Å². The second-order valence-electron chi connectivity index (χ2n) is 6.37. The lowest BCUT2D eigenvalue weighted by Gasteiger charge is -2.35. The van der Waals surface area contributed by atoms with E-state index in [1.54, 1.807) is 29.2 Å². The topological polar surface area (TPSA) is 70.6 Å². The van der Waals surface area contributed by atoms with Crippen molar-refractivity contribution in [1.82, 2.24) is 14.9 Å². The fraction of sp³-hybridized carbons (Fsp3) is 0.421. The normalized spacial score (nSPS) is 14.2. The second kappa shape index (κ2) is 8.90. The Morgan fingerprint density at radius 2 is 1.89 bits per heavy atom. The van der Waals surface area contributed by atoms with Gasteiger partial charge in [-0.1, -0.05) is 18.5 Å². The third-order valence-electron chi connectivity index (χ3n) is 4.24. The van der Waals surface area contributed by atoms with E-state index in [4.69, 9.17) is 16.3 Å². The summed E-state index contributed by atoms with van der Waals surface area (Å²) in [6.07, 6.45) is 0.930. The highest BCUT2D eigenvalue weighted by Gasteiger charge is 2.22. The lowest BCUT2D eigenvalue weighted by atomic mass is 10.3. The number of nitrogens with one attached hydrogen (secondary N) is 1. The lowest BCUT2D eigenvalue weighted by molar-refractivity contribution is 0.208. The minimum absolute atomic E-state index is 0.109. The first-order chi connectivity index (χ1) is 13.0. The molecule has 3 rings (SSSR count). The van der Waals surface area contributed by atoms with E-state index in [1.807, 2.05) is 13.0 Å². The molecule has 27 heavy (non-hydrogen) atoms. The van der Waals surface area contributed by atoms with Gasteiger partial charge in [0.2, 0.25) is 5.88 Å². The van der Waals surface area contributed by atoms with Gasteiger partial charge < -0.3 is 19.9 Å². The molecule has 0 bridgehead atoms. The maximum absolute atomic E-state index is 12.4. The molecule has 2 heterocycles. The molecule has 1 aliphatic rings. The molecule has 2 aromatic rings. The van der Waals surface area contributed by atoms with Gasteiger partial charge in [0.25, 0.3) is 0 Å². The number of benzene rings is 1. The third kappa shape index (κ3) is 5.23. The maximum atomic E-state index is 12.4. The van der Waals surface area contributed by atoms with Gasteiger partial charge in [-0.2, -0.15) is 4.98 Å². The largest absolute Gasteiger partial charge is 0.478 e. The predicted octanol–water partition coefficient (Wildman–Crippen LogP) is 3.58. The molecule has 0 unspecified atom stereocenters. The van der Waals surface area contributed by atoms with Crippen LogP contribution in [0.1, 0.15) is 19.2 Å². The van der Waals surface area contributed by atoms with Crippen molar-refractivity contribution in [2.24, 2.45) is 0 Å². The van der Waals surface area contributed by atoms with Crippen LogP contribution in [0, 0.1) is 6.92 Å². The van der Waals surface area contributed by atoms with Crippen molar-refractivity contribution in [3.8, 4) is 5.88 Å². The number of urea groups is 1. The lowest BCUT2D eigenvalue weighted by Crippen LogP contribution is -2.50. The molecule has 144 valence electrons. The van der Waals surface area contributed by atoms with Gasteiger partial charge in [0, 0.05) is 43.0 Å². The molecule has 1 aromatic heterocycles. The number of aryl methyl sites for hydroxylation is 1. The van der Waals surface area contributed by atoms with E-state index in [0.29, 0.717) is 49.5 Å². The van der Waals surface area contributed by atoms with Crippen LogP contribution in [0.15, 0.2) is 30.3 Å². The number of amides is 2. The minimum Gasteiger partial charge on any atom is -0.478 e. The Hall–Kier alpha value is -2.54. The molecule has 1 aliphatic heterocycles. The van der Waals surface area contributed by atoms with Crippen LogP contribution < -0.4 is 15.0 Å². The van der Waals surface area contributed by atoms with Gasteiger partial charge in [-0.15, -0.1) is 0 Å². The van der Waals surface area contributed by atoms with E-state index < -0.39 is 0 Å². The van der Waals surface area contributed by atoms with Crippen molar-refractivity contribution in [3.63, 3.8) is 0 Å². The molecule has 1 fully saturated rings. The van der Waals surface area contributed by atoms with E-state index in [0.717, 1.165) is 17.9 Å². The first-order valence-electron chi connectivity index (χ1n) is 9.10. The summed E-state index contributed by atoms with van der Waals surface area (Å²) in [4.78, 5) is 25.2. The summed E-state index contributed by atoms with van der Waals surface area (Å²) in [7, 11) is 0. The number of anilines is 2. The first-order valence-corrected chi connectivity index (χ1v) is 9.48. The number of hydrogen-bond acceptors (Lipinski definition) is 5. The Morgan fingerprint density at radius 3 is 2.56 bits per heavy atom. The molecular formula is C19H24ClN5O2. The van der Waals surface area contributed by atoms with Gasteiger partial charge in [0.05, 0.1) is 6.61 Å². The smallest absolute Gasteiger partial charge is 0.321 e. The van der Waals surface area contributed by atoms with Crippen molar-refractivity contribution in [3.05, 3.63) is 41.2 Å². The van der Waals surface area contributed by atoms with Gasteiger partial charge in [-0.3, -0.25) is 0 Å². The second-order valence-corrected chi connectivity index (χ2v) is 6.81. The van der Waals surface area contributed by atoms with Crippen molar-refractivity contribution in [1.29, 1.82) is 0 Å². The van der Waals surface area contributed by atoms with Crippen LogP contribution in [0.5, 0.6) is 5.88 Å². The Morgan fingerprint density at radius 1 is 1.19 bits per heavy atom. The zero-order chi connectivity index (χ0) is 19.2. The summed E-state index contributed by atoms with van der Waals surface area (Å²) >= 11 is 5.87. The number of ether oxygens (including phenoxy) is 1. The summed E-state index contributed by atoms with van der Waals surface area (Å²) in [5.74, 6) is 2.12. The minimum atomic E-state index is -0.109. The van der Waals surface area contributed by atoms with Gasteiger partial charge in [0.15, 0.2) is 0 Å². The summed E-state index contributed by atoms with van der Waals surface area (Å²) in [6.45, 7) is 7.20. The van der Waals surface area contributed by atoms with Crippen LogP contribution >= 0.6 is 11.6 Å².